The van der Waals surface area contributed by atoms with E-state index in [1.165, 1.54) is 6.07 Å². The summed E-state index contributed by atoms with van der Waals surface area (Å²) >= 11 is 12.1. The Morgan fingerprint density at radius 1 is 1.25 bits per heavy atom. The SMILES string of the molecule is CN(C)C[C@H]1CCN(c2ccc(-c3c(O)cc(Cl)cc3Cl)nn2)C1. The zero-order valence-corrected chi connectivity index (χ0v) is 15.2. The second kappa shape index (κ2) is 7.13. The smallest absolute Gasteiger partial charge is 0.151 e. The average Bonchev–Trinajstić information content (AvgIpc) is 2.94. The maximum absolute atomic E-state index is 10.1. The van der Waals surface area contributed by atoms with Crippen LogP contribution in [0.5, 0.6) is 5.75 Å². The van der Waals surface area contributed by atoms with Crippen molar-refractivity contribution < 1.29 is 5.11 Å². The molecule has 5 nitrogen and oxygen atoms in total. The topological polar surface area (TPSA) is 52.5 Å². The summed E-state index contributed by atoms with van der Waals surface area (Å²) < 4.78 is 0. The van der Waals surface area contributed by atoms with Gasteiger partial charge in [-0.25, -0.2) is 0 Å². The number of anilines is 1. The summed E-state index contributed by atoms with van der Waals surface area (Å²) in [6.07, 6.45) is 1.16. The van der Waals surface area contributed by atoms with Gasteiger partial charge in [-0.1, -0.05) is 23.2 Å². The van der Waals surface area contributed by atoms with Crippen molar-refractivity contribution >= 4 is 29.0 Å². The molecule has 0 unspecified atom stereocenters. The van der Waals surface area contributed by atoms with E-state index in [-0.39, 0.29) is 5.75 Å². The molecule has 24 heavy (non-hydrogen) atoms. The molecular weight excluding hydrogens is 347 g/mol. The molecule has 128 valence electrons. The van der Waals surface area contributed by atoms with E-state index in [1.807, 2.05) is 12.1 Å². The van der Waals surface area contributed by atoms with Gasteiger partial charge in [-0.15, -0.1) is 10.2 Å². The van der Waals surface area contributed by atoms with Crippen LogP contribution in [0.2, 0.25) is 10.0 Å². The maximum atomic E-state index is 10.1. The van der Waals surface area contributed by atoms with E-state index in [1.54, 1.807) is 6.07 Å². The number of aromatic nitrogens is 2. The summed E-state index contributed by atoms with van der Waals surface area (Å²) in [6.45, 7) is 3.05. The molecular formula is C17H20Cl2N4O. The molecule has 7 heteroatoms. The first kappa shape index (κ1) is 17.3. The molecule has 3 rings (SSSR count). The van der Waals surface area contributed by atoms with Crippen LogP contribution < -0.4 is 4.90 Å². The first-order chi connectivity index (χ1) is 11.4. The fourth-order valence-corrected chi connectivity index (χ4v) is 3.73. The number of rotatable bonds is 4. The molecule has 1 aliphatic heterocycles. The quantitative estimate of drug-likeness (QED) is 0.896. The molecule has 1 N–H and O–H groups in total. The molecule has 1 aromatic heterocycles. The second-order valence-corrected chi connectivity index (χ2v) is 7.27. The van der Waals surface area contributed by atoms with E-state index in [0.717, 1.165) is 31.9 Å². The van der Waals surface area contributed by atoms with E-state index in [0.29, 0.717) is 27.2 Å². The number of benzene rings is 1. The summed E-state index contributed by atoms with van der Waals surface area (Å²) in [5.41, 5.74) is 0.981. The van der Waals surface area contributed by atoms with Crippen LogP contribution in [-0.4, -0.2) is 53.9 Å². The molecule has 1 aromatic carbocycles. The monoisotopic (exact) mass is 366 g/mol. The predicted octanol–water partition coefficient (Wildman–Crippen LogP) is 3.54. The maximum Gasteiger partial charge on any atom is 0.151 e. The van der Waals surface area contributed by atoms with Gasteiger partial charge in [0.2, 0.25) is 0 Å². The van der Waals surface area contributed by atoms with Crippen LogP contribution in [0.3, 0.4) is 0 Å². The average molecular weight is 367 g/mol. The number of phenols is 1. The lowest BCUT2D eigenvalue weighted by Gasteiger charge is -2.19. The van der Waals surface area contributed by atoms with Gasteiger partial charge >= 0.3 is 0 Å². The number of halogens is 2. The Morgan fingerprint density at radius 3 is 2.67 bits per heavy atom. The first-order valence-corrected chi connectivity index (χ1v) is 8.61. The third kappa shape index (κ3) is 3.74. The van der Waals surface area contributed by atoms with E-state index >= 15 is 0 Å². The molecule has 1 aliphatic rings. The van der Waals surface area contributed by atoms with Crippen molar-refractivity contribution in [2.24, 2.45) is 5.92 Å². The zero-order valence-electron chi connectivity index (χ0n) is 13.7. The molecule has 0 spiro atoms. The van der Waals surface area contributed by atoms with Gasteiger partial charge in [0.25, 0.3) is 0 Å². The minimum absolute atomic E-state index is 0.00164. The Labute approximate surface area is 151 Å². The predicted molar refractivity (Wildman–Crippen MR) is 98.0 cm³/mol. The van der Waals surface area contributed by atoms with Crippen LogP contribution in [0, 0.1) is 5.92 Å². The van der Waals surface area contributed by atoms with E-state index < -0.39 is 0 Å². The number of hydrogen-bond acceptors (Lipinski definition) is 5. The van der Waals surface area contributed by atoms with Crippen LogP contribution in [0.4, 0.5) is 5.82 Å². The van der Waals surface area contributed by atoms with Crippen molar-refractivity contribution in [3.05, 3.63) is 34.3 Å². The summed E-state index contributed by atoms with van der Waals surface area (Å²) in [4.78, 5) is 4.46. The van der Waals surface area contributed by atoms with E-state index in [4.69, 9.17) is 23.2 Å². The second-order valence-electron chi connectivity index (χ2n) is 6.42. The highest BCUT2D eigenvalue weighted by atomic mass is 35.5. The van der Waals surface area contributed by atoms with E-state index in [9.17, 15) is 5.11 Å². The lowest BCUT2D eigenvalue weighted by Crippen LogP contribution is -2.26. The Balaban J connectivity index is 1.77. The lowest BCUT2D eigenvalue weighted by atomic mass is 10.1. The minimum Gasteiger partial charge on any atom is -0.507 e. The molecule has 1 fully saturated rings. The highest BCUT2D eigenvalue weighted by Crippen LogP contribution is 2.37. The number of hydrogen-bond donors (Lipinski definition) is 1. The van der Waals surface area contributed by atoms with Gasteiger partial charge in [0.1, 0.15) is 5.75 Å². The molecule has 2 heterocycles. The Bertz CT molecular complexity index is 698. The van der Waals surface area contributed by atoms with Gasteiger partial charge in [-0.3, -0.25) is 0 Å². The Morgan fingerprint density at radius 2 is 2.04 bits per heavy atom. The highest BCUT2D eigenvalue weighted by Gasteiger charge is 2.24. The molecule has 1 saturated heterocycles. The summed E-state index contributed by atoms with van der Waals surface area (Å²) in [7, 11) is 4.19. The number of aromatic hydroxyl groups is 1. The van der Waals surface area contributed by atoms with Gasteiger partial charge in [0.05, 0.1) is 16.3 Å². The van der Waals surface area contributed by atoms with Crippen LogP contribution >= 0.6 is 23.2 Å². The third-order valence-electron chi connectivity index (χ3n) is 4.17. The number of phenolic OH excluding ortho intramolecular Hbond substituents is 1. The first-order valence-electron chi connectivity index (χ1n) is 7.86. The van der Waals surface area contributed by atoms with Crippen molar-refractivity contribution in [3.63, 3.8) is 0 Å². The van der Waals surface area contributed by atoms with Gasteiger partial charge in [-0.05, 0) is 50.7 Å². The molecule has 2 aromatic rings. The van der Waals surface area contributed by atoms with Gasteiger partial charge in [-0.2, -0.15) is 0 Å². The van der Waals surface area contributed by atoms with Crippen LogP contribution in [0.1, 0.15) is 6.42 Å². The molecule has 0 radical (unpaired) electrons. The Hall–Kier alpha value is -1.56. The fourth-order valence-electron chi connectivity index (χ4n) is 3.15. The highest BCUT2D eigenvalue weighted by molar-refractivity contribution is 6.36. The van der Waals surface area contributed by atoms with Crippen molar-refractivity contribution in [1.29, 1.82) is 0 Å². The zero-order chi connectivity index (χ0) is 17.3. The van der Waals surface area contributed by atoms with Gasteiger partial charge in [0, 0.05) is 24.7 Å². The third-order valence-corrected chi connectivity index (χ3v) is 4.69. The van der Waals surface area contributed by atoms with Crippen LogP contribution in [-0.2, 0) is 0 Å². The van der Waals surface area contributed by atoms with Gasteiger partial charge < -0.3 is 14.9 Å². The molecule has 0 saturated carbocycles. The normalized spacial score (nSPS) is 17.7. The van der Waals surface area contributed by atoms with Crippen molar-refractivity contribution in [2.75, 3.05) is 38.6 Å². The fraction of sp³-hybridized carbons (Fsp3) is 0.412. The summed E-state index contributed by atoms with van der Waals surface area (Å²) in [5, 5.41) is 19.4. The van der Waals surface area contributed by atoms with Crippen LogP contribution in [0.25, 0.3) is 11.3 Å². The summed E-state index contributed by atoms with van der Waals surface area (Å²) in [5.74, 6) is 1.50. The van der Waals surface area contributed by atoms with Crippen LogP contribution in [0.15, 0.2) is 24.3 Å². The molecule has 1 atom stereocenters. The van der Waals surface area contributed by atoms with Crippen molar-refractivity contribution in [2.45, 2.75) is 6.42 Å². The largest absolute Gasteiger partial charge is 0.507 e. The summed E-state index contributed by atoms with van der Waals surface area (Å²) in [6, 6.07) is 6.78. The van der Waals surface area contributed by atoms with Gasteiger partial charge in [0.15, 0.2) is 5.82 Å². The lowest BCUT2D eigenvalue weighted by molar-refractivity contribution is 0.340. The molecule has 0 amide bonds. The Kier molecular flexibility index (Phi) is 5.13. The standard InChI is InChI=1S/C17H20Cl2N4O/c1-22(2)9-11-5-6-23(10-11)16-4-3-14(20-21-16)17-13(19)7-12(18)8-15(17)24/h3-4,7-8,11,24H,5-6,9-10H2,1-2H3/t11-/m1/s1. The van der Waals surface area contributed by atoms with Crippen molar-refractivity contribution in [1.82, 2.24) is 15.1 Å². The molecule has 0 bridgehead atoms. The van der Waals surface area contributed by atoms with Crippen molar-refractivity contribution in [3.8, 4) is 17.0 Å². The number of nitrogens with zero attached hydrogens (tertiary/aromatic N) is 4. The molecule has 0 aliphatic carbocycles. The minimum atomic E-state index is 0.00164. The van der Waals surface area contributed by atoms with E-state index in [2.05, 4.69) is 34.1 Å².